The van der Waals surface area contributed by atoms with Crippen molar-refractivity contribution in [2.24, 2.45) is 4.99 Å². The monoisotopic (exact) mass is 452 g/mol. The second kappa shape index (κ2) is 9.45. The van der Waals surface area contributed by atoms with E-state index in [1.165, 1.54) is 11.8 Å². The zero-order valence-corrected chi connectivity index (χ0v) is 18.7. The van der Waals surface area contributed by atoms with E-state index in [2.05, 4.69) is 4.99 Å². The molecule has 1 amide bonds. The first kappa shape index (κ1) is 21.3. The maximum atomic E-state index is 12.9. The largest absolute Gasteiger partial charge is 0.494 e. The van der Waals surface area contributed by atoms with Crippen LogP contribution in [0.1, 0.15) is 19.6 Å². The average Bonchev–Trinajstić information content (AvgIpc) is 3.35. The van der Waals surface area contributed by atoms with Gasteiger partial charge in [-0.2, -0.15) is 0 Å². The number of amides is 1. The number of ether oxygens (including phenoxy) is 1. The number of hydrogen-bond donors (Lipinski definition) is 0. The molecule has 2 aromatic carbocycles. The first-order chi connectivity index (χ1) is 15.1. The number of nitrogens with zero attached hydrogens (tertiary/aromatic N) is 2. The topological polar surface area (TPSA) is 55.0 Å². The third-order valence-corrected chi connectivity index (χ3v) is 5.86. The summed E-state index contributed by atoms with van der Waals surface area (Å²) in [6.07, 6.45) is 1.76. The van der Waals surface area contributed by atoms with Crippen LogP contribution in [0.5, 0.6) is 5.75 Å². The zero-order chi connectivity index (χ0) is 21.8. The molecule has 5 nitrogen and oxygen atoms in total. The van der Waals surface area contributed by atoms with Gasteiger partial charge in [0.05, 0.1) is 17.2 Å². The Morgan fingerprint density at radius 2 is 1.81 bits per heavy atom. The SMILES string of the molecule is CCOc1ccc(N=C2S/C(=C/c3ccc(-c4ccc(Cl)cc4)o3)C(=O)N2CC)cc1. The molecule has 4 rings (SSSR count). The molecule has 0 radical (unpaired) electrons. The summed E-state index contributed by atoms with van der Waals surface area (Å²) in [4.78, 5) is 19.8. The summed E-state index contributed by atoms with van der Waals surface area (Å²) >= 11 is 7.29. The second-order valence-electron chi connectivity index (χ2n) is 6.69. The van der Waals surface area contributed by atoms with Crippen molar-refractivity contribution in [1.82, 2.24) is 4.90 Å². The van der Waals surface area contributed by atoms with Crippen molar-refractivity contribution in [3.8, 4) is 17.1 Å². The Hall–Kier alpha value is -2.96. The molecule has 0 aliphatic carbocycles. The van der Waals surface area contributed by atoms with Crippen LogP contribution in [0.4, 0.5) is 5.69 Å². The summed E-state index contributed by atoms with van der Waals surface area (Å²) in [7, 11) is 0. The molecule has 31 heavy (non-hydrogen) atoms. The van der Waals surface area contributed by atoms with Gasteiger partial charge < -0.3 is 9.15 Å². The van der Waals surface area contributed by atoms with Gasteiger partial charge >= 0.3 is 0 Å². The number of benzene rings is 2. The van der Waals surface area contributed by atoms with Gasteiger partial charge in [-0.05, 0) is 86.3 Å². The molecule has 158 valence electrons. The molecular formula is C24H21ClN2O3S. The van der Waals surface area contributed by atoms with Crippen molar-refractivity contribution in [2.75, 3.05) is 13.2 Å². The number of halogens is 1. The first-order valence-corrected chi connectivity index (χ1v) is 11.2. The summed E-state index contributed by atoms with van der Waals surface area (Å²) in [5, 5.41) is 1.32. The number of likely N-dealkylation sites (N-methyl/N-ethyl adjacent to an activating group) is 1. The van der Waals surface area contributed by atoms with Crippen molar-refractivity contribution in [2.45, 2.75) is 13.8 Å². The van der Waals surface area contributed by atoms with Crippen molar-refractivity contribution in [3.05, 3.63) is 76.4 Å². The fourth-order valence-electron chi connectivity index (χ4n) is 3.09. The molecule has 0 bridgehead atoms. The van der Waals surface area contributed by atoms with Crippen molar-refractivity contribution in [1.29, 1.82) is 0 Å². The number of amidine groups is 1. The molecule has 1 fully saturated rings. The number of carbonyl (C=O) groups excluding carboxylic acids is 1. The highest BCUT2D eigenvalue weighted by molar-refractivity contribution is 8.18. The Kier molecular flexibility index (Phi) is 6.49. The second-order valence-corrected chi connectivity index (χ2v) is 8.14. The van der Waals surface area contributed by atoms with Gasteiger partial charge in [-0.25, -0.2) is 4.99 Å². The highest BCUT2D eigenvalue weighted by Gasteiger charge is 2.32. The van der Waals surface area contributed by atoms with E-state index in [1.54, 1.807) is 11.0 Å². The van der Waals surface area contributed by atoms with E-state index in [0.29, 0.717) is 34.0 Å². The van der Waals surface area contributed by atoms with Gasteiger partial charge in [-0.15, -0.1) is 0 Å². The van der Waals surface area contributed by atoms with Gasteiger partial charge in [0, 0.05) is 23.2 Å². The predicted octanol–water partition coefficient (Wildman–Crippen LogP) is 6.62. The lowest BCUT2D eigenvalue weighted by Crippen LogP contribution is -2.28. The van der Waals surface area contributed by atoms with E-state index in [-0.39, 0.29) is 5.91 Å². The van der Waals surface area contributed by atoms with E-state index in [4.69, 9.17) is 20.8 Å². The van der Waals surface area contributed by atoms with E-state index < -0.39 is 0 Å². The standard InChI is InChI=1S/C24H21ClN2O3S/c1-3-27-23(28)22(31-24(27)26-18-9-11-19(12-10-18)29-4-2)15-20-13-14-21(30-20)16-5-7-17(25)8-6-16/h5-15H,3-4H2,1-2H3/b22-15+,26-24?. The quantitative estimate of drug-likeness (QED) is 0.394. The minimum Gasteiger partial charge on any atom is -0.494 e. The maximum absolute atomic E-state index is 12.9. The zero-order valence-electron chi connectivity index (χ0n) is 17.2. The summed E-state index contributed by atoms with van der Waals surface area (Å²) < 4.78 is 11.4. The van der Waals surface area contributed by atoms with Gasteiger partial charge in [-0.3, -0.25) is 9.69 Å². The molecule has 0 unspecified atom stereocenters. The fraction of sp³-hybridized carbons (Fsp3) is 0.167. The number of hydrogen-bond acceptors (Lipinski definition) is 5. The molecule has 0 atom stereocenters. The third-order valence-electron chi connectivity index (χ3n) is 4.61. The Bertz CT molecular complexity index is 1130. The van der Waals surface area contributed by atoms with Crippen LogP contribution in [-0.2, 0) is 4.79 Å². The van der Waals surface area contributed by atoms with E-state index in [1.807, 2.05) is 74.5 Å². The highest BCUT2D eigenvalue weighted by Crippen LogP contribution is 2.35. The van der Waals surface area contributed by atoms with Crippen LogP contribution in [0, 0.1) is 0 Å². The average molecular weight is 453 g/mol. The van der Waals surface area contributed by atoms with Crippen LogP contribution >= 0.6 is 23.4 Å². The normalized spacial score (nSPS) is 16.5. The number of furan rings is 1. The smallest absolute Gasteiger partial charge is 0.266 e. The lowest BCUT2D eigenvalue weighted by molar-refractivity contribution is -0.122. The van der Waals surface area contributed by atoms with Crippen LogP contribution in [0.3, 0.4) is 0 Å². The van der Waals surface area contributed by atoms with Crippen molar-refractivity contribution in [3.63, 3.8) is 0 Å². The van der Waals surface area contributed by atoms with Gasteiger partial charge in [0.25, 0.3) is 5.91 Å². The van der Waals surface area contributed by atoms with Crippen LogP contribution < -0.4 is 4.74 Å². The lowest BCUT2D eigenvalue weighted by Gasteiger charge is -2.12. The van der Waals surface area contributed by atoms with Crippen molar-refractivity contribution < 1.29 is 13.9 Å². The number of aliphatic imine (C=N–C) groups is 1. The first-order valence-electron chi connectivity index (χ1n) is 9.96. The molecule has 1 aliphatic rings. The summed E-state index contributed by atoms with van der Waals surface area (Å²) in [5.74, 6) is 2.04. The molecule has 2 heterocycles. The minimum absolute atomic E-state index is 0.0818. The lowest BCUT2D eigenvalue weighted by atomic mass is 10.2. The molecular weight excluding hydrogens is 432 g/mol. The number of carbonyl (C=O) groups is 1. The van der Waals surface area contributed by atoms with Gasteiger partial charge in [0.1, 0.15) is 17.3 Å². The number of rotatable bonds is 6. The summed E-state index contributed by atoms with van der Waals surface area (Å²) in [5.41, 5.74) is 1.69. The molecule has 1 saturated heterocycles. The summed E-state index contributed by atoms with van der Waals surface area (Å²) in [6, 6.07) is 18.7. The van der Waals surface area contributed by atoms with E-state index >= 15 is 0 Å². The van der Waals surface area contributed by atoms with E-state index in [0.717, 1.165) is 22.8 Å². The molecule has 0 saturated carbocycles. The highest BCUT2D eigenvalue weighted by atomic mass is 35.5. The van der Waals surface area contributed by atoms with E-state index in [9.17, 15) is 4.79 Å². The Morgan fingerprint density at radius 3 is 2.48 bits per heavy atom. The van der Waals surface area contributed by atoms with Crippen LogP contribution in [0.25, 0.3) is 17.4 Å². The minimum atomic E-state index is -0.0818. The number of thioether (sulfide) groups is 1. The van der Waals surface area contributed by atoms with Gasteiger partial charge in [0.2, 0.25) is 0 Å². The van der Waals surface area contributed by atoms with Gasteiger partial charge in [0.15, 0.2) is 5.17 Å². The Labute approximate surface area is 190 Å². The Balaban J connectivity index is 1.56. The maximum Gasteiger partial charge on any atom is 0.266 e. The van der Waals surface area contributed by atoms with Crippen LogP contribution in [0.15, 0.2) is 75.0 Å². The Morgan fingerprint density at radius 1 is 1.06 bits per heavy atom. The fourth-order valence-corrected chi connectivity index (χ4v) is 4.26. The predicted molar refractivity (Wildman–Crippen MR) is 127 cm³/mol. The molecule has 3 aromatic rings. The molecule has 0 N–H and O–H groups in total. The van der Waals surface area contributed by atoms with Gasteiger partial charge in [-0.1, -0.05) is 11.6 Å². The molecule has 7 heteroatoms. The van der Waals surface area contributed by atoms with Crippen LogP contribution in [-0.4, -0.2) is 29.1 Å². The summed E-state index contributed by atoms with van der Waals surface area (Å²) in [6.45, 7) is 5.02. The third kappa shape index (κ3) is 4.86. The van der Waals surface area contributed by atoms with Crippen molar-refractivity contribution >= 4 is 46.2 Å². The molecule has 1 aliphatic heterocycles. The van der Waals surface area contributed by atoms with Crippen LogP contribution in [0.2, 0.25) is 5.02 Å². The molecule has 0 spiro atoms. The molecule has 1 aromatic heterocycles.